The van der Waals surface area contributed by atoms with Gasteiger partial charge < -0.3 is 5.32 Å². The van der Waals surface area contributed by atoms with E-state index in [0.717, 1.165) is 18.2 Å². The molecule has 0 unspecified atom stereocenters. The summed E-state index contributed by atoms with van der Waals surface area (Å²) < 4.78 is 39.1. The van der Waals surface area contributed by atoms with E-state index in [1.165, 1.54) is 0 Å². The SMILES string of the molecule is Cc1cc(C)cc(NC(=O)c2nn(C)c(C(F)(F)F)c2Cl)c1. The van der Waals surface area contributed by atoms with Gasteiger partial charge in [0.1, 0.15) is 5.02 Å². The largest absolute Gasteiger partial charge is 0.434 e. The number of nitrogens with zero attached hydrogens (tertiary/aromatic N) is 2. The lowest BCUT2D eigenvalue weighted by molar-refractivity contribution is -0.143. The first-order valence-electron chi connectivity index (χ1n) is 6.29. The van der Waals surface area contributed by atoms with E-state index in [4.69, 9.17) is 11.6 Å². The Kier molecular flexibility index (Phi) is 4.19. The van der Waals surface area contributed by atoms with E-state index in [2.05, 4.69) is 10.4 Å². The van der Waals surface area contributed by atoms with Crippen molar-refractivity contribution in [2.24, 2.45) is 7.05 Å². The van der Waals surface area contributed by atoms with Crippen LogP contribution in [0.4, 0.5) is 18.9 Å². The van der Waals surface area contributed by atoms with E-state index in [0.29, 0.717) is 10.4 Å². The quantitative estimate of drug-likeness (QED) is 0.905. The summed E-state index contributed by atoms with van der Waals surface area (Å²) in [7, 11) is 1.09. The average molecular weight is 332 g/mol. The summed E-state index contributed by atoms with van der Waals surface area (Å²) in [5.41, 5.74) is 0.685. The van der Waals surface area contributed by atoms with Crippen molar-refractivity contribution >= 4 is 23.2 Å². The second-order valence-corrected chi connectivity index (χ2v) is 5.34. The highest BCUT2D eigenvalue weighted by molar-refractivity contribution is 6.34. The van der Waals surface area contributed by atoms with Crippen molar-refractivity contribution in [1.82, 2.24) is 9.78 Å². The van der Waals surface area contributed by atoms with Gasteiger partial charge in [0, 0.05) is 12.7 Å². The number of amides is 1. The van der Waals surface area contributed by atoms with E-state index >= 15 is 0 Å². The smallest absolute Gasteiger partial charge is 0.321 e. The first kappa shape index (κ1) is 16.4. The minimum atomic E-state index is -4.68. The molecule has 4 nitrogen and oxygen atoms in total. The Morgan fingerprint density at radius 3 is 2.23 bits per heavy atom. The highest BCUT2D eigenvalue weighted by Crippen LogP contribution is 2.36. The molecule has 2 rings (SSSR count). The van der Waals surface area contributed by atoms with Crippen LogP contribution >= 0.6 is 11.6 Å². The molecule has 22 heavy (non-hydrogen) atoms. The van der Waals surface area contributed by atoms with Crippen LogP contribution in [0.1, 0.15) is 27.3 Å². The molecule has 8 heteroatoms. The predicted molar refractivity (Wildman–Crippen MR) is 77.1 cm³/mol. The second kappa shape index (κ2) is 5.64. The number of nitrogens with one attached hydrogen (secondary N) is 1. The van der Waals surface area contributed by atoms with Gasteiger partial charge >= 0.3 is 6.18 Å². The van der Waals surface area contributed by atoms with Gasteiger partial charge in [-0.2, -0.15) is 18.3 Å². The standard InChI is InChI=1S/C14H13ClF3N3O/c1-7-4-8(2)6-9(5-7)19-13(22)11-10(15)12(14(16,17)18)21(3)20-11/h4-6H,1-3H3,(H,19,22). The highest BCUT2D eigenvalue weighted by atomic mass is 35.5. The normalized spacial score (nSPS) is 11.6. The Hall–Kier alpha value is -2.02. The molecular weight excluding hydrogens is 319 g/mol. The molecule has 1 N–H and O–H groups in total. The summed E-state index contributed by atoms with van der Waals surface area (Å²) in [6.45, 7) is 3.69. The average Bonchev–Trinajstić information content (AvgIpc) is 2.62. The lowest BCUT2D eigenvalue weighted by Crippen LogP contribution is -2.13. The number of hydrogen-bond acceptors (Lipinski definition) is 2. The molecule has 1 aromatic carbocycles. The maximum absolute atomic E-state index is 12.8. The van der Waals surface area contributed by atoms with Gasteiger partial charge in [-0.25, -0.2) is 0 Å². The topological polar surface area (TPSA) is 46.9 Å². The molecule has 0 aliphatic carbocycles. The van der Waals surface area contributed by atoms with Gasteiger partial charge in [-0.1, -0.05) is 17.7 Å². The first-order valence-corrected chi connectivity index (χ1v) is 6.66. The molecule has 1 heterocycles. The van der Waals surface area contributed by atoms with Crippen LogP contribution in [0.2, 0.25) is 5.02 Å². The van der Waals surface area contributed by atoms with E-state index in [1.54, 1.807) is 12.1 Å². The third-order valence-corrected chi connectivity index (χ3v) is 3.31. The Bertz CT molecular complexity index is 717. The lowest BCUT2D eigenvalue weighted by Gasteiger charge is -2.07. The summed E-state index contributed by atoms with van der Waals surface area (Å²) in [6, 6.07) is 5.31. The molecule has 0 bridgehead atoms. The van der Waals surface area contributed by atoms with Crippen LogP contribution < -0.4 is 5.32 Å². The minimum Gasteiger partial charge on any atom is -0.321 e. The van der Waals surface area contributed by atoms with Crippen molar-refractivity contribution in [2.75, 3.05) is 5.32 Å². The van der Waals surface area contributed by atoms with Crippen molar-refractivity contribution in [2.45, 2.75) is 20.0 Å². The maximum Gasteiger partial charge on any atom is 0.434 e. The van der Waals surface area contributed by atoms with Crippen molar-refractivity contribution in [1.29, 1.82) is 0 Å². The van der Waals surface area contributed by atoms with Gasteiger partial charge in [0.15, 0.2) is 11.4 Å². The number of aromatic nitrogens is 2. The number of halogens is 4. The molecule has 0 spiro atoms. The zero-order valence-electron chi connectivity index (χ0n) is 12.0. The summed E-state index contributed by atoms with van der Waals surface area (Å²) in [4.78, 5) is 12.1. The maximum atomic E-state index is 12.8. The summed E-state index contributed by atoms with van der Waals surface area (Å²) in [5, 5.41) is 5.37. The number of benzene rings is 1. The molecule has 0 aliphatic rings. The van der Waals surface area contributed by atoms with E-state index in [-0.39, 0.29) is 0 Å². The fourth-order valence-corrected chi connectivity index (χ4v) is 2.54. The lowest BCUT2D eigenvalue weighted by atomic mass is 10.1. The van der Waals surface area contributed by atoms with Crippen LogP contribution in [-0.2, 0) is 13.2 Å². The van der Waals surface area contributed by atoms with Crippen molar-refractivity contribution < 1.29 is 18.0 Å². The van der Waals surface area contributed by atoms with E-state index in [1.807, 2.05) is 19.9 Å². The van der Waals surface area contributed by atoms with Gasteiger partial charge in [-0.15, -0.1) is 0 Å². The van der Waals surface area contributed by atoms with Crippen LogP contribution in [0.25, 0.3) is 0 Å². The van der Waals surface area contributed by atoms with Gasteiger partial charge in [-0.3, -0.25) is 9.48 Å². The third-order valence-electron chi connectivity index (χ3n) is 2.95. The van der Waals surface area contributed by atoms with Gasteiger partial charge in [0.05, 0.1) is 0 Å². The summed E-state index contributed by atoms with van der Waals surface area (Å²) >= 11 is 5.67. The Balaban J connectivity index is 2.35. The van der Waals surface area contributed by atoms with Gasteiger partial charge in [0.2, 0.25) is 0 Å². The van der Waals surface area contributed by atoms with Crippen LogP contribution in [0.5, 0.6) is 0 Å². The number of hydrogen-bond donors (Lipinski definition) is 1. The molecule has 0 radical (unpaired) electrons. The van der Waals surface area contributed by atoms with E-state index < -0.39 is 28.5 Å². The summed E-state index contributed by atoms with van der Waals surface area (Å²) in [5.74, 6) is -0.791. The number of carbonyl (C=O) groups excluding carboxylic acids is 1. The Labute approximate surface area is 129 Å². The molecule has 1 aromatic heterocycles. The fraction of sp³-hybridized carbons (Fsp3) is 0.286. The number of aryl methyl sites for hydroxylation is 3. The van der Waals surface area contributed by atoms with Crippen LogP contribution in [-0.4, -0.2) is 15.7 Å². The fourth-order valence-electron chi connectivity index (χ4n) is 2.19. The predicted octanol–water partition coefficient (Wildman–Crippen LogP) is 3.96. The molecule has 118 valence electrons. The number of rotatable bonds is 2. The molecule has 0 atom stereocenters. The molecule has 0 fully saturated rings. The molecule has 0 saturated heterocycles. The summed E-state index contributed by atoms with van der Waals surface area (Å²) in [6.07, 6.45) is -4.68. The van der Waals surface area contributed by atoms with Gasteiger partial charge in [0.25, 0.3) is 5.91 Å². The Morgan fingerprint density at radius 1 is 1.23 bits per heavy atom. The zero-order chi connectivity index (χ0) is 16.7. The first-order chi connectivity index (χ1) is 10.1. The molecule has 2 aromatic rings. The van der Waals surface area contributed by atoms with E-state index in [9.17, 15) is 18.0 Å². The number of anilines is 1. The number of alkyl halides is 3. The van der Waals surface area contributed by atoms with Crippen molar-refractivity contribution in [3.8, 4) is 0 Å². The zero-order valence-corrected chi connectivity index (χ0v) is 12.8. The molecule has 0 aliphatic heterocycles. The highest BCUT2D eigenvalue weighted by Gasteiger charge is 2.39. The minimum absolute atomic E-state index is 0.462. The second-order valence-electron chi connectivity index (χ2n) is 4.96. The Morgan fingerprint density at radius 2 is 1.77 bits per heavy atom. The van der Waals surface area contributed by atoms with Gasteiger partial charge in [-0.05, 0) is 37.1 Å². The third kappa shape index (κ3) is 3.24. The molecular formula is C14H13ClF3N3O. The molecule has 1 amide bonds. The van der Waals surface area contributed by atoms with Crippen LogP contribution in [0, 0.1) is 13.8 Å². The molecule has 0 saturated carbocycles. The monoisotopic (exact) mass is 331 g/mol. The van der Waals surface area contributed by atoms with Crippen LogP contribution in [0.3, 0.4) is 0 Å². The number of carbonyl (C=O) groups is 1. The van der Waals surface area contributed by atoms with Crippen molar-refractivity contribution in [3.63, 3.8) is 0 Å². The van der Waals surface area contributed by atoms with Crippen LogP contribution in [0.15, 0.2) is 18.2 Å². The van der Waals surface area contributed by atoms with Crippen molar-refractivity contribution in [3.05, 3.63) is 45.7 Å².